The number of rotatable bonds is 55. The molecule has 72 heavy (non-hydrogen) atoms. The predicted octanol–water partition coefficient (Wildman–Crippen LogP) is 20.7. The largest absolute Gasteiger partial charge is 0.462 e. The Hall–Kier alpha value is -3.41. The molecule has 0 spiro atoms. The smallest absolute Gasteiger partial charge is 0.306 e. The molecule has 0 saturated heterocycles. The minimum absolute atomic E-state index is 0.0997. The zero-order chi connectivity index (χ0) is 52.2. The van der Waals surface area contributed by atoms with Crippen LogP contribution in [0.4, 0.5) is 0 Å². The van der Waals surface area contributed by atoms with Crippen LogP contribution in [-0.2, 0) is 28.6 Å². The third-order valence-corrected chi connectivity index (χ3v) is 13.1. The van der Waals surface area contributed by atoms with Crippen molar-refractivity contribution in [3.05, 3.63) is 85.1 Å². The quantitative estimate of drug-likeness (QED) is 0.0261. The lowest BCUT2D eigenvalue weighted by atomic mass is 10.0. The zero-order valence-corrected chi connectivity index (χ0v) is 47.4. The van der Waals surface area contributed by atoms with Crippen LogP contribution in [0.1, 0.15) is 297 Å². The molecule has 0 unspecified atom stereocenters. The highest BCUT2D eigenvalue weighted by atomic mass is 16.6. The third kappa shape index (κ3) is 57.5. The molecule has 0 saturated carbocycles. The first-order valence-electron chi connectivity index (χ1n) is 30.6. The second-order valence-electron chi connectivity index (χ2n) is 20.2. The summed E-state index contributed by atoms with van der Waals surface area (Å²) in [6.45, 7) is 6.49. The lowest BCUT2D eigenvalue weighted by Crippen LogP contribution is -2.30. The van der Waals surface area contributed by atoms with Gasteiger partial charge in [-0.1, -0.05) is 279 Å². The number of ether oxygens (including phenoxy) is 3. The van der Waals surface area contributed by atoms with Crippen LogP contribution in [0.15, 0.2) is 85.1 Å². The van der Waals surface area contributed by atoms with Gasteiger partial charge in [-0.25, -0.2) is 0 Å². The summed E-state index contributed by atoms with van der Waals surface area (Å²) in [4.78, 5) is 38.2. The fourth-order valence-electron chi connectivity index (χ4n) is 8.58. The van der Waals surface area contributed by atoms with Gasteiger partial charge in [-0.05, 0) is 83.5 Å². The van der Waals surface area contributed by atoms with Gasteiger partial charge in [0, 0.05) is 19.3 Å². The highest BCUT2D eigenvalue weighted by molar-refractivity contribution is 5.71. The topological polar surface area (TPSA) is 78.9 Å². The van der Waals surface area contributed by atoms with Gasteiger partial charge in [0.2, 0.25) is 0 Å². The van der Waals surface area contributed by atoms with Crippen LogP contribution in [-0.4, -0.2) is 37.2 Å². The molecule has 0 rings (SSSR count). The van der Waals surface area contributed by atoms with Crippen LogP contribution in [0.2, 0.25) is 0 Å². The first-order valence-corrected chi connectivity index (χ1v) is 30.6. The van der Waals surface area contributed by atoms with Crippen molar-refractivity contribution < 1.29 is 28.6 Å². The monoisotopic (exact) mass is 1000 g/mol. The van der Waals surface area contributed by atoms with E-state index in [9.17, 15) is 14.4 Å². The fraction of sp³-hybridized carbons (Fsp3) is 0.742. The van der Waals surface area contributed by atoms with Crippen molar-refractivity contribution >= 4 is 17.9 Å². The number of carbonyl (C=O) groups excluding carboxylic acids is 3. The summed E-state index contributed by atoms with van der Waals surface area (Å²) in [7, 11) is 0. The number of allylic oxidation sites excluding steroid dienone is 14. The SMILES string of the molecule is CC/C=C\C/C=C\C/C=C\C/C=C\C/C=C\C/C=C\CCC(=O)OC[C@@H](COC(=O)CCCCCCCCC/C=C\CCCCCCCC)OC(=O)CCCCCCCCCCCCCCCCCCCC. The van der Waals surface area contributed by atoms with Crippen LogP contribution in [0.25, 0.3) is 0 Å². The molecule has 0 bridgehead atoms. The van der Waals surface area contributed by atoms with E-state index in [1.807, 2.05) is 6.08 Å². The van der Waals surface area contributed by atoms with E-state index in [4.69, 9.17) is 14.2 Å². The van der Waals surface area contributed by atoms with Crippen LogP contribution in [0.5, 0.6) is 0 Å². The van der Waals surface area contributed by atoms with Crippen molar-refractivity contribution in [3.8, 4) is 0 Å². The molecule has 0 radical (unpaired) electrons. The first kappa shape index (κ1) is 68.6. The number of unbranched alkanes of at least 4 members (excludes halogenated alkanes) is 30. The summed E-state index contributed by atoms with van der Waals surface area (Å²) >= 11 is 0. The number of esters is 3. The van der Waals surface area contributed by atoms with E-state index < -0.39 is 6.10 Å². The number of hydrogen-bond acceptors (Lipinski definition) is 6. The lowest BCUT2D eigenvalue weighted by molar-refractivity contribution is -0.166. The summed E-state index contributed by atoms with van der Waals surface area (Å²) in [6.07, 6.45) is 78.8. The molecule has 0 N–H and O–H groups in total. The van der Waals surface area contributed by atoms with Gasteiger partial charge in [-0.3, -0.25) is 14.4 Å². The van der Waals surface area contributed by atoms with E-state index in [2.05, 4.69) is 99.8 Å². The normalized spacial score (nSPS) is 12.7. The highest BCUT2D eigenvalue weighted by Gasteiger charge is 2.19. The molecule has 0 aliphatic rings. The molecule has 0 aromatic rings. The van der Waals surface area contributed by atoms with Crippen LogP contribution in [0, 0.1) is 0 Å². The van der Waals surface area contributed by atoms with Gasteiger partial charge in [0.1, 0.15) is 13.2 Å². The minimum atomic E-state index is -0.808. The Labute approximate surface area is 445 Å². The number of hydrogen-bond donors (Lipinski definition) is 0. The highest BCUT2D eigenvalue weighted by Crippen LogP contribution is 2.16. The Kier molecular flexibility index (Phi) is 57.3. The second-order valence-corrected chi connectivity index (χ2v) is 20.2. The van der Waals surface area contributed by atoms with Crippen molar-refractivity contribution in [2.24, 2.45) is 0 Å². The van der Waals surface area contributed by atoms with Gasteiger partial charge in [-0.2, -0.15) is 0 Å². The van der Waals surface area contributed by atoms with E-state index in [1.165, 1.54) is 173 Å². The fourth-order valence-corrected chi connectivity index (χ4v) is 8.58. The molecular formula is C66H114O6. The van der Waals surface area contributed by atoms with Crippen molar-refractivity contribution in [2.45, 2.75) is 303 Å². The van der Waals surface area contributed by atoms with Crippen molar-refractivity contribution in [2.75, 3.05) is 13.2 Å². The van der Waals surface area contributed by atoms with Crippen LogP contribution < -0.4 is 0 Å². The standard InChI is InChI=1S/C66H114O6/c1-4-7-10-13-16-19-22-25-28-31-33-36-38-41-44-47-50-53-56-59-65(68)71-62-63(61-70-64(67)58-55-52-49-46-43-40-37-34-30-27-24-21-18-15-12-9-6-3)72-66(69)60-57-54-51-48-45-42-39-35-32-29-26-23-20-17-14-11-8-5-2/h7,10,16,19,25,27-28,30,33,36,41,44,50,53,63H,4-6,8-9,11-15,17-18,20-24,26,29,31-32,34-35,37-40,42-43,45-49,51-52,54-62H2,1-3H3/b10-7-,19-16-,28-25-,30-27-,36-33-,44-41-,53-50-/t63-/m1/s1. The van der Waals surface area contributed by atoms with Gasteiger partial charge in [-0.15, -0.1) is 0 Å². The average Bonchev–Trinajstić information content (AvgIpc) is 3.38. The Balaban J connectivity index is 4.47. The Bertz CT molecular complexity index is 1380. The molecule has 414 valence electrons. The molecule has 0 aromatic heterocycles. The molecule has 0 aliphatic carbocycles. The molecule has 6 heteroatoms. The summed E-state index contributed by atoms with van der Waals surface area (Å²) < 4.78 is 16.8. The maximum Gasteiger partial charge on any atom is 0.306 e. The molecule has 0 heterocycles. The van der Waals surface area contributed by atoms with Crippen molar-refractivity contribution in [3.63, 3.8) is 0 Å². The van der Waals surface area contributed by atoms with Crippen molar-refractivity contribution in [1.29, 1.82) is 0 Å². The van der Waals surface area contributed by atoms with E-state index in [1.54, 1.807) is 0 Å². The van der Waals surface area contributed by atoms with Crippen LogP contribution in [0.3, 0.4) is 0 Å². The maximum absolute atomic E-state index is 12.9. The molecule has 0 fully saturated rings. The molecule has 0 aliphatic heterocycles. The van der Waals surface area contributed by atoms with E-state index in [-0.39, 0.29) is 37.5 Å². The van der Waals surface area contributed by atoms with Crippen LogP contribution >= 0.6 is 0 Å². The van der Waals surface area contributed by atoms with E-state index in [0.717, 1.165) is 77.0 Å². The number of carbonyl (C=O) groups is 3. The average molecular weight is 1000 g/mol. The zero-order valence-electron chi connectivity index (χ0n) is 47.4. The Morgan fingerprint density at radius 1 is 0.292 bits per heavy atom. The maximum atomic E-state index is 12.9. The van der Waals surface area contributed by atoms with Gasteiger partial charge in [0.05, 0.1) is 0 Å². The Morgan fingerprint density at radius 2 is 0.569 bits per heavy atom. The predicted molar refractivity (Wildman–Crippen MR) is 311 cm³/mol. The van der Waals surface area contributed by atoms with Gasteiger partial charge >= 0.3 is 17.9 Å². The summed E-state index contributed by atoms with van der Waals surface area (Å²) in [6, 6.07) is 0. The summed E-state index contributed by atoms with van der Waals surface area (Å²) in [5.41, 5.74) is 0. The summed E-state index contributed by atoms with van der Waals surface area (Å²) in [5.74, 6) is -0.979. The second kappa shape index (κ2) is 60.1. The van der Waals surface area contributed by atoms with E-state index >= 15 is 0 Å². The van der Waals surface area contributed by atoms with Gasteiger partial charge in [0.15, 0.2) is 6.10 Å². The molecular weight excluding hydrogens is 889 g/mol. The first-order chi connectivity index (χ1) is 35.5. The Morgan fingerprint density at radius 3 is 0.931 bits per heavy atom. The lowest BCUT2D eigenvalue weighted by Gasteiger charge is -2.18. The molecule has 1 atom stereocenters. The van der Waals surface area contributed by atoms with Gasteiger partial charge in [0.25, 0.3) is 0 Å². The molecule has 0 amide bonds. The molecule has 6 nitrogen and oxygen atoms in total. The molecule has 0 aromatic carbocycles. The third-order valence-electron chi connectivity index (χ3n) is 13.1. The summed E-state index contributed by atoms with van der Waals surface area (Å²) in [5, 5.41) is 0. The minimum Gasteiger partial charge on any atom is -0.462 e. The van der Waals surface area contributed by atoms with Gasteiger partial charge < -0.3 is 14.2 Å². The van der Waals surface area contributed by atoms with E-state index in [0.29, 0.717) is 19.3 Å². The van der Waals surface area contributed by atoms with Crippen molar-refractivity contribution in [1.82, 2.24) is 0 Å².